The molecule has 0 aliphatic carbocycles. The molecule has 0 spiro atoms. The maximum Gasteiger partial charge on any atom is 0.436 e. The zero-order valence-corrected chi connectivity index (χ0v) is 21.1. The van der Waals surface area contributed by atoms with Gasteiger partial charge in [0.2, 0.25) is 17.7 Å². The molecule has 0 aromatic rings. The van der Waals surface area contributed by atoms with Crippen molar-refractivity contribution in [3.63, 3.8) is 0 Å². The first kappa shape index (κ1) is 33.9. The Balaban J connectivity index is 4.75. The molecule has 4 N–H and O–H groups in total. The maximum absolute atomic E-state index is 12.6. The summed E-state index contributed by atoms with van der Waals surface area (Å²) in [6, 6.07) is -1.09. The van der Waals surface area contributed by atoms with Crippen molar-refractivity contribution in [2.75, 3.05) is 74.1 Å². The molecule has 0 aliphatic heterocycles. The van der Waals surface area contributed by atoms with Gasteiger partial charge in [-0.3, -0.25) is 24.0 Å². The van der Waals surface area contributed by atoms with Crippen LogP contribution >= 0.6 is 0 Å². The fourth-order valence-corrected chi connectivity index (χ4v) is 2.37. The van der Waals surface area contributed by atoms with E-state index in [4.69, 9.17) is 28.9 Å². The minimum Gasteiger partial charge on any atom is -0.480 e. The van der Waals surface area contributed by atoms with E-state index in [1.807, 2.05) is 0 Å². The fourth-order valence-electron chi connectivity index (χ4n) is 2.37. The van der Waals surface area contributed by atoms with Crippen molar-refractivity contribution in [2.24, 2.45) is 0 Å². The number of carboxylic acid groups (broad SMARTS) is 1. The van der Waals surface area contributed by atoms with E-state index >= 15 is 0 Å². The standard InChI is InChI=1S/C20H36N4O13/c1-31-10-12-34-9-7-21-19(29)15(4-5-17(26)23-36-13-11-32-2)22-16(25)6-8-35-20(30)24(37-33-3)14-18(27)28/h15H,4-14H2,1-3H3,(H,21,29)(H,22,25)(H,23,26)(H,27,28). The number of carbonyl (C=O) groups is 5. The Morgan fingerprint density at radius 3 is 2.22 bits per heavy atom. The number of carbonyl (C=O) groups excluding carboxylic acids is 4. The third-order valence-electron chi connectivity index (χ3n) is 4.07. The first-order valence-corrected chi connectivity index (χ1v) is 11.1. The number of hydroxylamine groups is 3. The summed E-state index contributed by atoms with van der Waals surface area (Å²) in [7, 11) is 4.05. The highest BCUT2D eigenvalue weighted by molar-refractivity contribution is 5.88. The van der Waals surface area contributed by atoms with E-state index in [1.54, 1.807) is 0 Å². The number of rotatable bonds is 22. The molecule has 17 heteroatoms. The molecule has 1 atom stereocenters. The molecule has 17 nitrogen and oxygen atoms in total. The highest BCUT2D eigenvalue weighted by Crippen LogP contribution is 2.01. The largest absolute Gasteiger partial charge is 0.480 e. The van der Waals surface area contributed by atoms with E-state index < -0.39 is 49.0 Å². The van der Waals surface area contributed by atoms with Crippen LogP contribution in [0.5, 0.6) is 0 Å². The lowest BCUT2D eigenvalue weighted by molar-refractivity contribution is -0.393. The summed E-state index contributed by atoms with van der Waals surface area (Å²) >= 11 is 0. The second kappa shape index (κ2) is 22.1. The molecule has 0 saturated heterocycles. The molecule has 4 amide bonds. The number of aliphatic carboxylic acids is 1. The monoisotopic (exact) mass is 540 g/mol. The van der Waals surface area contributed by atoms with Gasteiger partial charge in [0.15, 0.2) is 6.54 Å². The number of nitrogens with zero attached hydrogens (tertiary/aromatic N) is 1. The van der Waals surface area contributed by atoms with E-state index in [0.29, 0.717) is 18.3 Å². The number of hydrogen-bond donors (Lipinski definition) is 4. The van der Waals surface area contributed by atoms with Crippen molar-refractivity contribution >= 4 is 29.8 Å². The van der Waals surface area contributed by atoms with Crippen LogP contribution < -0.4 is 16.1 Å². The van der Waals surface area contributed by atoms with Crippen molar-refractivity contribution in [3.05, 3.63) is 0 Å². The zero-order valence-electron chi connectivity index (χ0n) is 21.1. The lowest BCUT2D eigenvalue weighted by atomic mass is 10.1. The van der Waals surface area contributed by atoms with Gasteiger partial charge in [0, 0.05) is 27.2 Å². The minimum absolute atomic E-state index is 0.0601. The van der Waals surface area contributed by atoms with Crippen LogP contribution in [0.3, 0.4) is 0 Å². The van der Waals surface area contributed by atoms with Gasteiger partial charge in [-0.15, -0.1) is 10.1 Å². The highest BCUT2D eigenvalue weighted by Gasteiger charge is 2.23. The molecule has 214 valence electrons. The van der Waals surface area contributed by atoms with Gasteiger partial charge >= 0.3 is 12.1 Å². The van der Waals surface area contributed by atoms with Gasteiger partial charge in [0.25, 0.3) is 0 Å². The fraction of sp³-hybridized carbons (Fsp3) is 0.750. The van der Waals surface area contributed by atoms with Crippen molar-refractivity contribution < 1.29 is 62.7 Å². The SMILES string of the molecule is COCCOCCNC(=O)C(CCC(=O)NOCCOC)NC(=O)CCOC(=O)N(CC(=O)O)OOC. The summed E-state index contributed by atoms with van der Waals surface area (Å²) in [5, 5.41) is 14.1. The molecule has 0 rings (SSSR count). The Bertz CT molecular complexity index is 695. The van der Waals surface area contributed by atoms with Crippen LogP contribution in [0.15, 0.2) is 0 Å². The highest BCUT2D eigenvalue weighted by atomic mass is 17.3. The van der Waals surface area contributed by atoms with Crippen LogP contribution in [0.25, 0.3) is 0 Å². The summed E-state index contributed by atoms with van der Waals surface area (Å²) in [6.45, 7) is 0.164. The van der Waals surface area contributed by atoms with E-state index in [0.717, 1.165) is 7.11 Å². The van der Waals surface area contributed by atoms with Gasteiger partial charge in [0.05, 0.1) is 46.6 Å². The maximum atomic E-state index is 12.6. The van der Waals surface area contributed by atoms with Crippen molar-refractivity contribution in [1.29, 1.82) is 0 Å². The van der Waals surface area contributed by atoms with Gasteiger partial charge in [0.1, 0.15) is 12.6 Å². The molecule has 0 heterocycles. The second-order valence-corrected chi connectivity index (χ2v) is 6.96. The lowest BCUT2D eigenvalue weighted by Crippen LogP contribution is -2.48. The quantitative estimate of drug-likeness (QED) is 0.0675. The Morgan fingerprint density at radius 1 is 0.865 bits per heavy atom. The van der Waals surface area contributed by atoms with Crippen LogP contribution in [0.2, 0.25) is 0 Å². The Morgan fingerprint density at radius 2 is 1.57 bits per heavy atom. The molecule has 0 radical (unpaired) electrons. The number of hydrogen-bond acceptors (Lipinski definition) is 12. The summed E-state index contributed by atoms with van der Waals surface area (Å²) < 4.78 is 19.7. The molecule has 0 aromatic carbocycles. The van der Waals surface area contributed by atoms with E-state index in [-0.39, 0.29) is 45.6 Å². The van der Waals surface area contributed by atoms with Gasteiger partial charge in [-0.2, -0.15) is 0 Å². The average molecular weight is 541 g/mol. The van der Waals surface area contributed by atoms with E-state index in [9.17, 15) is 24.0 Å². The van der Waals surface area contributed by atoms with Gasteiger partial charge in [-0.1, -0.05) is 0 Å². The molecular formula is C20H36N4O13. The van der Waals surface area contributed by atoms with Crippen molar-refractivity contribution in [2.45, 2.75) is 25.3 Å². The smallest absolute Gasteiger partial charge is 0.436 e. The van der Waals surface area contributed by atoms with Crippen LogP contribution in [0, 0.1) is 0 Å². The van der Waals surface area contributed by atoms with Crippen molar-refractivity contribution in [1.82, 2.24) is 21.2 Å². The zero-order chi connectivity index (χ0) is 27.9. The normalized spacial score (nSPS) is 11.3. The molecular weight excluding hydrogens is 504 g/mol. The first-order valence-electron chi connectivity index (χ1n) is 11.1. The minimum atomic E-state index is -1.39. The number of methoxy groups -OCH3 is 2. The molecule has 0 saturated carbocycles. The topological polar surface area (TPSA) is 210 Å². The predicted octanol–water partition coefficient (Wildman–Crippen LogP) is -1.87. The van der Waals surface area contributed by atoms with Gasteiger partial charge in [-0.25, -0.2) is 15.2 Å². The molecule has 37 heavy (non-hydrogen) atoms. The molecule has 1 unspecified atom stereocenters. The Labute approximate surface area is 213 Å². The molecule has 0 aliphatic rings. The van der Waals surface area contributed by atoms with Crippen LogP contribution in [-0.4, -0.2) is 120 Å². The van der Waals surface area contributed by atoms with E-state index in [1.165, 1.54) is 14.2 Å². The number of carboxylic acids is 1. The Kier molecular flexibility index (Phi) is 20.3. The second-order valence-electron chi connectivity index (χ2n) is 6.96. The van der Waals surface area contributed by atoms with Crippen LogP contribution in [0.4, 0.5) is 4.79 Å². The average Bonchev–Trinajstić information content (AvgIpc) is 2.85. The number of nitrogens with one attached hydrogen (secondary N) is 3. The Hall–Kier alpha value is -3.09. The summed E-state index contributed by atoms with van der Waals surface area (Å²) in [4.78, 5) is 73.0. The molecule has 0 bridgehead atoms. The summed E-state index contributed by atoms with van der Waals surface area (Å²) in [5.74, 6) is -3.14. The molecule has 0 fully saturated rings. The van der Waals surface area contributed by atoms with Gasteiger partial charge < -0.3 is 34.7 Å². The van der Waals surface area contributed by atoms with Crippen molar-refractivity contribution in [3.8, 4) is 0 Å². The lowest BCUT2D eigenvalue weighted by Gasteiger charge is -2.19. The number of ether oxygens (including phenoxy) is 4. The third kappa shape index (κ3) is 18.8. The summed E-state index contributed by atoms with van der Waals surface area (Å²) in [6.07, 6.45) is -1.78. The van der Waals surface area contributed by atoms with E-state index in [2.05, 4.69) is 26.0 Å². The third-order valence-corrected chi connectivity index (χ3v) is 4.07. The summed E-state index contributed by atoms with van der Waals surface area (Å²) in [5.41, 5.74) is 2.20. The first-order chi connectivity index (χ1) is 17.7. The van der Waals surface area contributed by atoms with Gasteiger partial charge in [-0.05, 0) is 6.42 Å². The number of amides is 4. The predicted molar refractivity (Wildman–Crippen MR) is 121 cm³/mol. The van der Waals surface area contributed by atoms with Crippen LogP contribution in [0.1, 0.15) is 19.3 Å². The van der Waals surface area contributed by atoms with Crippen LogP contribution in [-0.2, 0) is 52.8 Å². The molecule has 0 aromatic heterocycles.